The Morgan fingerprint density at radius 1 is 1.35 bits per heavy atom. The normalized spacial score (nSPS) is 16.9. The average molecular weight is 301 g/mol. The molecule has 1 heterocycles. The molecule has 0 unspecified atom stereocenters. The number of methoxy groups -OCH3 is 1. The van der Waals surface area contributed by atoms with Crippen LogP contribution in [0, 0.1) is 10.1 Å². The van der Waals surface area contributed by atoms with Crippen molar-refractivity contribution in [3.63, 3.8) is 0 Å². The van der Waals surface area contributed by atoms with Gasteiger partial charge in [0.1, 0.15) is 0 Å². The van der Waals surface area contributed by atoms with Gasteiger partial charge >= 0.3 is 5.69 Å². The second-order valence-electron chi connectivity index (χ2n) is 4.24. The molecule has 0 aromatic heterocycles. The summed E-state index contributed by atoms with van der Waals surface area (Å²) in [4.78, 5) is 10.2. The average Bonchev–Trinajstić information content (AvgIpc) is 2.47. The number of hydrogen-bond acceptors (Lipinski definition) is 6. The van der Waals surface area contributed by atoms with Crippen molar-refractivity contribution in [1.29, 1.82) is 0 Å². The molecular weight excluding hydrogens is 286 g/mol. The molecule has 0 atom stereocenters. The zero-order chi connectivity index (χ0) is 14.8. The Labute approximate surface area is 116 Å². The van der Waals surface area contributed by atoms with Crippen LogP contribution in [-0.2, 0) is 10.0 Å². The second-order valence-corrected chi connectivity index (χ2v) is 6.18. The highest BCUT2D eigenvalue weighted by molar-refractivity contribution is 7.89. The maximum atomic E-state index is 12.4. The summed E-state index contributed by atoms with van der Waals surface area (Å²) >= 11 is 0. The van der Waals surface area contributed by atoms with E-state index in [1.54, 1.807) is 0 Å². The topological polar surface area (TPSA) is 102 Å². The van der Waals surface area contributed by atoms with Gasteiger partial charge in [-0.05, 0) is 12.1 Å². The molecule has 1 fully saturated rings. The van der Waals surface area contributed by atoms with E-state index < -0.39 is 14.9 Å². The molecule has 0 radical (unpaired) electrons. The Hall–Kier alpha value is -1.71. The van der Waals surface area contributed by atoms with E-state index in [1.165, 1.54) is 23.5 Å². The molecule has 0 amide bonds. The van der Waals surface area contributed by atoms with Crippen LogP contribution in [0.15, 0.2) is 23.1 Å². The summed E-state index contributed by atoms with van der Waals surface area (Å²) in [6, 6.07) is 3.66. The fourth-order valence-corrected chi connectivity index (χ4v) is 3.47. The van der Waals surface area contributed by atoms with E-state index in [1.807, 2.05) is 0 Å². The summed E-state index contributed by atoms with van der Waals surface area (Å²) < 4.78 is 31.0. The largest absolute Gasteiger partial charge is 0.490 e. The SMILES string of the molecule is COc1ccc(S(=O)(=O)N2CCNCC2)cc1[N+](=O)[O-]. The van der Waals surface area contributed by atoms with E-state index in [0.717, 1.165) is 6.07 Å². The Morgan fingerprint density at radius 2 is 2.00 bits per heavy atom. The Morgan fingerprint density at radius 3 is 2.55 bits per heavy atom. The van der Waals surface area contributed by atoms with Gasteiger partial charge in [-0.2, -0.15) is 4.31 Å². The van der Waals surface area contributed by atoms with Gasteiger partial charge in [0.05, 0.1) is 16.9 Å². The number of sulfonamides is 1. The molecule has 1 aromatic rings. The zero-order valence-corrected chi connectivity index (χ0v) is 11.7. The van der Waals surface area contributed by atoms with Crippen molar-refractivity contribution in [1.82, 2.24) is 9.62 Å². The number of nitro groups is 1. The second kappa shape index (κ2) is 5.73. The van der Waals surface area contributed by atoms with Crippen LogP contribution in [0.25, 0.3) is 0 Å². The van der Waals surface area contributed by atoms with Gasteiger partial charge in [0.15, 0.2) is 5.75 Å². The standard InChI is InChI=1S/C11H15N3O5S/c1-19-11-3-2-9(8-10(11)14(15)16)20(17,18)13-6-4-12-5-7-13/h2-3,8,12H,4-7H2,1H3. The van der Waals surface area contributed by atoms with Gasteiger partial charge in [-0.25, -0.2) is 8.42 Å². The minimum absolute atomic E-state index is 0.0364. The number of rotatable bonds is 4. The summed E-state index contributed by atoms with van der Waals surface area (Å²) in [7, 11) is -2.41. The van der Waals surface area contributed by atoms with Crippen molar-refractivity contribution in [2.24, 2.45) is 0 Å². The molecule has 1 aliphatic heterocycles. The van der Waals surface area contributed by atoms with Crippen LogP contribution in [0.1, 0.15) is 0 Å². The Balaban J connectivity index is 2.41. The number of piperazine rings is 1. The minimum atomic E-state index is -3.71. The molecule has 9 heteroatoms. The molecule has 1 N–H and O–H groups in total. The van der Waals surface area contributed by atoms with Gasteiger partial charge in [0, 0.05) is 32.2 Å². The monoisotopic (exact) mass is 301 g/mol. The Bertz CT molecular complexity index is 610. The van der Waals surface area contributed by atoms with Crippen molar-refractivity contribution in [2.75, 3.05) is 33.3 Å². The van der Waals surface area contributed by atoms with Crippen LogP contribution in [0.3, 0.4) is 0 Å². The van der Waals surface area contributed by atoms with Crippen molar-refractivity contribution in [2.45, 2.75) is 4.90 Å². The predicted octanol–water partition coefficient (Wildman–Crippen LogP) is 0.197. The van der Waals surface area contributed by atoms with Gasteiger partial charge in [-0.15, -0.1) is 0 Å². The van der Waals surface area contributed by atoms with E-state index in [2.05, 4.69) is 5.32 Å². The molecule has 1 saturated heterocycles. The first kappa shape index (κ1) is 14.7. The third-order valence-corrected chi connectivity index (χ3v) is 4.96. The molecular formula is C11H15N3O5S. The molecule has 20 heavy (non-hydrogen) atoms. The summed E-state index contributed by atoms with van der Waals surface area (Å²) in [5, 5.41) is 14.0. The van der Waals surface area contributed by atoms with Gasteiger partial charge in [-0.3, -0.25) is 10.1 Å². The maximum absolute atomic E-state index is 12.4. The third kappa shape index (κ3) is 2.74. The zero-order valence-electron chi connectivity index (χ0n) is 10.9. The van der Waals surface area contributed by atoms with Gasteiger partial charge in [0.2, 0.25) is 10.0 Å². The van der Waals surface area contributed by atoms with Crippen molar-refractivity contribution < 1.29 is 18.1 Å². The first-order valence-electron chi connectivity index (χ1n) is 6.00. The van der Waals surface area contributed by atoms with Crippen LogP contribution >= 0.6 is 0 Å². The van der Waals surface area contributed by atoms with Crippen LogP contribution in [-0.4, -0.2) is 50.9 Å². The summed E-state index contributed by atoms with van der Waals surface area (Å²) in [5.41, 5.74) is -0.358. The highest BCUT2D eigenvalue weighted by atomic mass is 32.2. The predicted molar refractivity (Wildman–Crippen MR) is 71.3 cm³/mol. The van der Waals surface area contributed by atoms with E-state index in [-0.39, 0.29) is 16.3 Å². The van der Waals surface area contributed by atoms with Crippen LogP contribution in [0.4, 0.5) is 5.69 Å². The van der Waals surface area contributed by atoms with E-state index in [9.17, 15) is 18.5 Å². The first-order chi connectivity index (χ1) is 9.46. The molecule has 0 aliphatic carbocycles. The molecule has 2 rings (SSSR count). The lowest BCUT2D eigenvalue weighted by Gasteiger charge is -2.26. The summed E-state index contributed by atoms with van der Waals surface area (Å²) in [6.07, 6.45) is 0. The molecule has 0 bridgehead atoms. The van der Waals surface area contributed by atoms with Gasteiger partial charge in [-0.1, -0.05) is 0 Å². The summed E-state index contributed by atoms with van der Waals surface area (Å²) in [5.74, 6) is 0.0364. The van der Waals surface area contributed by atoms with Crippen LogP contribution in [0.5, 0.6) is 5.75 Å². The number of nitro benzene ring substituents is 1. The molecule has 8 nitrogen and oxygen atoms in total. The van der Waals surface area contributed by atoms with Gasteiger partial charge in [0.25, 0.3) is 0 Å². The van der Waals surface area contributed by atoms with Crippen molar-refractivity contribution in [3.05, 3.63) is 28.3 Å². The minimum Gasteiger partial charge on any atom is -0.490 e. The highest BCUT2D eigenvalue weighted by Gasteiger charge is 2.28. The fraction of sp³-hybridized carbons (Fsp3) is 0.455. The van der Waals surface area contributed by atoms with E-state index in [4.69, 9.17) is 4.74 Å². The van der Waals surface area contributed by atoms with E-state index in [0.29, 0.717) is 26.2 Å². The fourth-order valence-electron chi connectivity index (χ4n) is 2.01. The van der Waals surface area contributed by atoms with Crippen LogP contribution in [0.2, 0.25) is 0 Å². The lowest BCUT2D eigenvalue weighted by atomic mass is 10.3. The number of benzene rings is 1. The number of nitrogens with zero attached hydrogens (tertiary/aromatic N) is 2. The molecule has 110 valence electrons. The van der Waals surface area contributed by atoms with Crippen molar-refractivity contribution in [3.8, 4) is 5.75 Å². The molecule has 1 aliphatic rings. The lowest BCUT2D eigenvalue weighted by molar-refractivity contribution is -0.386. The number of hydrogen-bond donors (Lipinski definition) is 1. The highest BCUT2D eigenvalue weighted by Crippen LogP contribution is 2.30. The van der Waals surface area contributed by atoms with Crippen molar-refractivity contribution >= 4 is 15.7 Å². The smallest absolute Gasteiger partial charge is 0.312 e. The number of nitrogens with one attached hydrogen (secondary N) is 1. The van der Waals surface area contributed by atoms with Crippen LogP contribution < -0.4 is 10.1 Å². The molecule has 1 aromatic carbocycles. The van der Waals surface area contributed by atoms with Gasteiger partial charge < -0.3 is 10.1 Å². The summed E-state index contributed by atoms with van der Waals surface area (Å²) in [6.45, 7) is 1.83. The molecule has 0 spiro atoms. The lowest BCUT2D eigenvalue weighted by Crippen LogP contribution is -2.46. The first-order valence-corrected chi connectivity index (χ1v) is 7.44. The third-order valence-electron chi connectivity index (χ3n) is 3.06. The quantitative estimate of drug-likeness (QED) is 0.629. The van der Waals surface area contributed by atoms with E-state index >= 15 is 0 Å². The molecule has 0 saturated carbocycles. The number of ether oxygens (including phenoxy) is 1. The maximum Gasteiger partial charge on any atom is 0.312 e. The Kier molecular flexibility index (Phi) is 4.21.